The van der Waals surface area contributed by atoms with Crippen molar-refractivity contribution in [3.63, 3.8) is 0 Å². The number of unbranched alkanes of at least 4 members (excludes halogenated alkanes) is 2. The molecule has 2 nitrogen and oxygen atoms in total. The minimum atomic E-state index is 0.0550. The van der Waals surface area contributed by atoms with Gasteiger partial charge < -0.3 is 4.74 Å². The van der Waals surface area contributed by atoms with Crippen molar-refractivity contribution in [2.24, 2.45) is 4.99 Å². The number of hydrogen-bond donors (Lipinski definition) is 0. The minimum Gasteiger partial charge on any atom is -0.478 e. The van der Waals surface area contributed by atoms with Crippen LogP contribution in [-0.2, 0) is 4.74 Å². The number of alkyl halides is 1. The van der Waals surface area contributed by atoms with Crippen LogP contribution in [0.3, 0.4) is 0 Å². The first-order valence-electron chi connectivity index (χ1n) is 5.85. The SMILES string of the molecule is CC1CC(C)(C)N=C(CCCCCCl)O1. The summed E-state index contributed by atoms with van der Waals surface area (Å²) >= 11 is 5.63. The Morgan fingerprint density at radius 3 is 2.73 bits per heavy atom. The smallest absolute Gasteiger partial charge is 0.183 e. The van der Waals surface area contributed by atoms with Gasteiger partial charge in [0.2, 0.25) is 0 Å². The summed E-state index contributed by atoms with van der Waals surface area (Å²) in [6.07, 6.45) is 5.67. The van der Waals surface area contributed by atoms with Gasteiger partial charge in [-0.2, -0.15) is 0 Å². The van der Waals surface area contributed by atoms with Gasteiger partial charge in [-0.15, -0.1) is 11.6 Å². The van der Waals surface area contributed by atoms with Gasteiger partial charge in [-0.1, -0.05) is 6.42 Å². The van der Waals surface area contributed by atoms with Gasteiger partial charge in [0.15, 0.2) is 5.90 Å². The second-order valence-corrected chi connectivity index (χ2v) is 5.33. The predicted octanol–water partition coefficient (Wildman–Crippen LogP) is 3.77. The molecule has 0 saturated heterocycles. The zero-order valence-corrected chi connectivity index (χ0v) is 10.8. The van der Waals surface area contributed by atoms with Gasteiger partial charge >= 0.3 is 0 Å². The predicted molar refractivity (Wildman–Crippen MR) is 65.9 cm³/mol. The molecule has 1 rings (SSSR count). The quantitative estimate of drug-likeness (QED) is 0.521. The molecule has 1 aliphatic heterocycles. The van der Waals surface area contributed by atoms with Gasteiger partial charge in [-0.25, -0.2) is 4.99 Å². The van der Waals surface area contributed by atoms with Gasteiger partial charge in [0.25, 0.3) is 0 Å². The first kappa shape index (κ1) is 12.8. The average Bonchev–Trinajstić information content (AvgIpc) is 2.09. The van der Waals surface area contributed by atoms with Gasteiger partial charge in [-0.05, 0) is 33.6 Å². The van der Waals surface area contributed by atoms with Crippen LogP contribution in [-0.4, -0.2) is 23.4 Å². The largest absolute Gasteiger partial charge is 0.478 e. The van der Waals surface area contributed by atoms with E-state index in [1.165, 1.54) is 6.42 Å². The number of rotatable bonds is 5. The van der Waals surface area contributed by atoms with Crippen molar-refractivity contribution in [1.29, 1.82) is 0 Å². The van der Waals surface area contributed by atoms with Crippen LogP contribution >= 0.6 is 11.6 Å². The fourth-order valence-electron chi connectivity index (χ4n) is 2.05. The molecule has 1 unspecified atom stereocenters. The van der Waals surface area contributed by atoms with Gasteiger partial charge in [0, 0.05) is 18.7 Å². The molecule has 1 heterocycles. The number of aliphatic imine (C=N–C) groups is 1. The standard InChI is InChI=1S/C12H22ClNO/c1-10-9-12(2,3)14-11(15-10)7-5-4-6-8-13/h10H,4-9H2,1-3H3. The normalized spacial score (nSPS) is 24.5. The van der Waals surface area contributed by atoms with E-state index in [2.05, 4.69) is 25.8 Å². The van der Waals surface area contributed by atoms with Crippen molar-refractivity contribution in [2.45, 2.75) is 64.5 Å². The van der Waals surface area contributed by atoms with Gasteiger partial charge in [-0.3, -0.25) is 0 Å². The summed E-state index contributed by atoms with van der Waals surface area (Å²) in [4.78, 5) is 4.62. The van der Waals surface area contributed by atoms with E-state index in [1.54, 1.807) is 0 Å². The molecule has 0 amide bonds. The van der Waals surface area contributed by atoms with E-state index in [4.69, 9.17) is 16.3 Å². The van der Waals surface area contributed by atoms with Crippen LogP contribution in [0.1, 0.15) is 52.9 Å². The average molecular weight is 232 g/mol. The Bertz CT molecular complexity index is 226. The fourth-order valence-corrected chi connectivity index (χ4v) is 2.24. The van der Waals surface area contributed by atoms with E-state index >= 15 is 0 Å². The van der Waals surface area contributed by atoms with Crippen LogP contribution in [0.15, 0.2) is 4.99 Å². The highest BCUT2D eigenvalue weighted by Crippen LogP contribution is 2.25. The van der Waals surface area contributed by atoms with Crippen molar-refractivity contribution in [3.05, 3.63) is 0 Å². The molecule has 0 spiro atoms. The zero-order chi connectivity index (χ0) is 11.3. The van der Waals surface area contributed by atoms with Crippen LogP contribution in [0, 0.1) is 0 Å². The molecule has 0 N–H and O–H groups in total. The molecule has 1 atom stereocenters. The Morgan fingerprint density at radius 1 is 1.40 bits per heavy atom. The molecule has 0 radical (unpaired) electrons. The van der Waals surface area contributed by atoms with Crippen LogP contribution < -0.4 is 0 Å². The summed E-state index contributed by atoms with van der Waals surface area (Å²) in [5.41, 5.74) is 0.0550. The highest BCUT2D eigenvalue weighted by molar-refractivity contribution is 6.17. The highest BCUT2D eigenvalue weighted by Gasteiger charge is 2.27. The molecule has 0 aromatic heterocycles. The summed E-state index contributed by atoms with van der Waals surface area (Å²) in [6, 6.07) is 0. The van der Waals surface area contributed by atoms with E-state index in [0.29, 0.717) is 6.10 Å². The summed E-state index contributed by atoms with van der Waals surface area (Å²) in [5.74, 6) is 1.70. The molecule has 0 fully saturated rings. The van der Waals surface area contributed by atoms with Gasteiger partial charge in [0.05, 0.1) is 11.6 Å². The maximum Gasteiger partial charge on any atom is 0.183 e. The molecule has 0 aromatic carbocycles. The van der Waals surface area contributed by atoms with E-state index < -0.39 is 0 Å². The number of ether oxygens (including phenoxy) is 1. The Labute approximate surface area is 98.1 Å². The Morgan fingerprint density at radius 2 is 2.13 bits per heavy atom. The third-order valence-corrected chi connectivity index (χ3v) is 2.84. The fraction of sp³-hybridized carbons (Fsp3) is 0.917. The zero-order valence-electron chi connectivity index (χ0n) is 10.1. The first-order valence-corrected chi connectivity index (χ1v) is 6.38. The van der Waals surface area contributed by atoms with Crippen molar-refractivity contribution in [2.75, 3.05) is 5.88 Å². The van der Waals surface area contributed by atoms with E-state index in [1.807, 2.05) is 0 Å². The van der Waals surface area contributed by atoms with Crippen LogP contribution in [0.5, 0.6) is 0 Å². The van der Waals surface area contributed by atoms with Crippen LogP contribution in [0.4, 0.5) is 0 Å². The van der Waals surface area contributed by atoms with Crippen molar-refractivity contribution >= 4 is 17.5 Å². The third-order valence-electron chi connectivity index (χ3n) is 2.58. The molecule has 0 aromatic rings. The Balaban J connectivity index is 2.36. The molecule has 0 saturated carbocycles. The molecule has 0 bridgehead atoms. The second kappa shape index (κ2) is 5.74. The lowest BCUT2D eigenvalue weighted by Gasteiger charge is -2.31. The van der Waals surface area contributed by atoms with E-state index in [9.17, 15) is 0 Å². The third kappa shape index (κ3) is 4.87. The maximum atomic E-state index is 5.72. The summed E-state index contributed by atoms with van der Waals surface area (Å²) in [7, 11) is 0. The Kier molecular flexibility index (Phi) is 4.91. The molecule has 0 aliphatic carbocycles. The lowest BCUT2D eigenvalue weighted by atomic mass is 9.96. The molecular weight excluding hydrogens is 210 g/mol. The lowest BCUT2D eigenvalue weighted by molar-refractivity contribution is 0.139. The summed E-state index contributed by atoms with van der Waals surface area (Å²) in [5, 5.41) is 0. The number of nitrogens with zero attached hydrogens (tertiary/aromatic N) is 1. The minimum absolute atomic E-state index is 0.0550. The molecule has 1 aliphatic rings. The van der Waals surface area contributed by atoms with Crippen LogP contribution in [0.25, 0.3) is 0 Å². The molecule has 3 heteroatoms. The van der Waals surface area contributed by atoms with Crippen molar-refractivity contribution < 1.29 is 4.74 Å². The summed E-state index contributed by atoms with van der Waals surface area (Å²) in [6.45, 7) is 6.46. The van der Waals surface area contributed by atoms with E-state index in [0.717, 1.165) is 37.5 Å². The lowest BCUT2D eigenvalue weighted by Crippen LogP contribution is -2.33. The van der Waals surface area contributed by atoms with Crippen molar-refractivity contribution in [3.8, 4) is 0 Å². The first-order chi connectivity index (χ1) is 7.03. The topological polar surface area (TPSA) is 21.6 Å². The molecule has 88 valence electrons. The number of halogens is 1. The summed E-state index contributed by atoms with van der Waals surface area (Å²) < 4.78 is 5.72. The van der Waals surface area contributed by atoms with E-state index in [-0.39, 0.29) is 5.54 Å². The second-order valence-electron chi connectivity index (χ2n) is 4.95. The van der Waals surface area contributed by atoms with Crippen LogP contribution in [0.2, 0.25) is 0 Å². The highest BCUT2D eigenvalue weighted by atomic mass is 35.5. The van der Waals surface area contributed by atoms with Crippen molar-refractivity contribution in [1.82, 2.24) is 0 Å². The molecular formula is C12H22ClNO. The number of hydrogen-bond acceptors (Lipinski definition) is 2. The maximum absolute atomic E-state index is 5.72. The molecule has 15 heavy (non-hydrogen) atoms. The monoisotopic (exact) mass is 231 g/mol. The Hall–Kier alpha value is -0.240. The van der Waals surface area contributed by atoms with Gasteiger partial charge in [0.1, 0.15) is 0 Å².